The SMILES string of the molecule is C=Cc1ccc2ncc(-c3ccc(N4CCN(C)CC4)c(Cl)c3)n2n1. The van der Waals surface area contributed by atoms with Crippen molar-refractivity contribution in [1.82, 2.24) is 19.5 Å². The number of benzene rings is 1. The van der Waals surface area contributed by atoms with Gasteiger partial charge >= 0.3 is 0 Å². The smallest absolute Gasteiger partial charge is 0.154 e. The first kappa shape index (κ1) is 16.1. The average Bonchev–Trinajstić information content (AvgIpc) is 3.05. The highest BCUT2D eigenvalue weighted by Gasteiger charge is 2.17. The summed E-state index contributed by atoms with van der Waals surface area (Å²) in [6.45, 7) is 7.88. The Morgan fingerprint density at radius 3 is 2.64 bits per heavy atom. The zero-order valence-electron chi connectivity index (χ0n) is 14.2. The average molecular weight is 354 g/mol. The number of halogens is 1. The summed E-state index contributed by atoms with van der Waals surface area (Å²) >= 11 is 6.60. The highest BCUT2D eigenvalue weighted by Crippen LogP contribution is 2.32. The summed E-state index contributed by atoms with van der Waals surface area (Å²) in [5, 5.41) is 5.32. The number of rotatable bonds is 3. The third-order valence-corrected chi connectivity index (χ3v) is 4.98. The van der Waals surface area contributed by atoms with Gasteiger partial charge in [-0.1, -0.05) is 24.2 Å². The van der Waals surface area contributed by atoms with E-state index in [1.807, 2.05) is 28.9 Å². The summed E-state index contributed by atoms with van der Waals surface area (Å²) in [5.74, 6) is 0. The molecule has 0 amide bonds. The van der Waals surface area contributed by atoms with Gasteiger partial charge in [-0.05, 0) is 37.4 Å². The maximum Gasteiger partial charge on any atom is 0.154 e. The molecule has 1 aliphatic rings. The van der Waals surface area contributed by atoms with Crippen molar-refractivity contribution in [2.75, 3.05) is 38.1 Å². The first-order valence-corrected chi connectivity index (χ1v) is 8.74. The van der Waals surface area contributed by atoms with Crippen LogP contribution < -0.4 is 4.90 Å². The predicted octanol–water partition coefficient (Wildman–Crippen LogP) is 3.44. The van der Waals surface area contributed by atoms with E-state index in [0.29, 0.717) is 0 Å². The third-order valence-electron chi connectivity index (χ3n) is 4.68. The third kappa shape index (κ3) is 3.01. The van der Waals surface area contributed by atoms with Crippen molar-refractivity contribution in [2.24, 2.45) is 0 Å². The minimum absolute atomic E-state index is 0.761. The number of imidazole rings is 1. The maximum atomic E-state index is 6.60. The van der Waals surface area contributed by atoms with Crippen LogP contribution in [0.15, 0.2) is 43.1 Å². The fraction of sp³-hybridized carbons (Fsp3) is 0.263. The van der Waals surface area contributed by atoms with Crippen LogP contribution in [-0.4, -0.2) is 52.7 Å². The van der Waals surface area contributed by atoms with Crippen LogP contribution in [0.25, 0.3) is 23.0 Å². The second-order valence-corrected chi connectivity index (χ2v) is 6.74. The molecule has 0 bridgehead atoms. The minimum Gasteiger partial charge on any atom is -0.368 e. The first-order chi connectivity index (χ1) is 12.2. The van der Waals surface area contributed by atoms with Crippen LogP contribution >= 0.6 is 11.6 Å². The van der Waals surface area contributed by atoms with Gasteiger partial charge in [0.15, 0.2) is 5.65 Å². The zero-order chi connectivity index (χ0) is 17.4. The van der Waals surface area contributed by atoms with Gasteiger partial charge < -0.3 is 9.80 Å². The second-order valence-electron chi connectivity index (χ2n) is 6.33. The number of likely N-dealkylation sites (N-methyl/N-ethyl adjacent to an activating group) is 1. The Labute approximate surface area is 152 Å². The molecule has 1 aliphatic heterocycles. The molecule has 25 heavy (non-hydrogen) atoms. The lowest BCUT2D eigenvalue weighted by atomic mass is 10.1. The Kier molecular flexibility index (Phi) is 4.19. The van der Waals surface area contributed by atoms with Crippen LogP contribution in [0.1, 0.15) is 5.69 Å². The Balaban J connectivity index is 1.70. The maximum absolute atomic E-state index is 6.60. The van der Waals surface area contributed by atoms with Gasteiger partial charge in [0.2, 0.25) is 0 Å². The van der Waals surface area contributed by atoms with Crippen molar-refractivity contribution in [3.63, 3.8) is 0 Å². The minimum atomic E-state index is 0.761. The van der Waals surface area contributed by atoms with Crippen LogP contribution in [0.2, 0.25) is 5.02 Å². The van der Waals surface area contributed by atoms with Gasteiger partial charge in [-0.2, -0.15) is 5.10 Å². The molecule has 2 aromatic heterocycles. The molecule has 1 saturated heterocycles. The summed E-state index contributed by atoms with van der Waals surface area (Å²) in [5.41, 5.74) is 4.63. The number of nitrogens with zero attached hydrogens (tertiary/aromatic N) is 5. The molecule has 0 spiro atoms. The number of aromatic nitrogens is 3. The fourth-order valence-corrected chi connectivity index (χ4v) is 3.46. The van der Waals surface area contributed by atoms with Gasteiger partial charge in [0.05, 0.1) is 28.3 Å². The van der Waals surface area contributed by atoms with E-state index in [0.717, 1.165) is 59.5 Å². The Morgan fingerprint density at radius 1 is 1.12 bits per heavy atom. The molecule has 0 atom stereocenters. The quantitative estimate of drug-likeness (QED) is 0.722. The highest BCUT2D eigenvalue weighted by atomic mass is 35.5. The first-order valence-electron chi connectivity index (χ1n) is 8.36. The van der Waals surface area contributed by atoms with E-state index in [2.05, 4.69) is 45.6 Å². The van der Waals surface area contributed by atoms with Crippen molar-refractivity contribution in [1.29, 1.82) is 0 Å². The van der Waals surface area contributed by atoms with Gasteiger partial charge in [-0.15, -0.1) is 0 Å². The second kappa shape index (κ2) is 6.50. The molecular formula is C19H20ClN5. The van der Waals surface area contributed by atoms with Gasteiger partial charge in [0.25, 0.3) is 0 Å². The van der Waals surface area contributed by atoms with E-state index in [9.17, 15) is 0 Å². The standard InChI is InChI=1S/C19H20ClN5/c1-3-15-5-7-19-21-13-18(25(19)22-15)14-4-6-17(16(20)12-14)24-10-8-23(2)9-11-24/h3-7,12-13H,1,8-11H2,2H3. The van der Waals surface area contributed by atoms with Crippen molar-refractivity contribution in [2.45, 2.75) is 0 Å². The van der Waals surface area contributed by atoms with Gasteiger partial charge in [0.1, 0.15) is 0 Å². The molecule has 5 nitrogen and oxygen atoms in total. The lowest BCUT2D eigenvalue weighted by molar-refractivity contribution is 0.313. The van der Waals surface area contributed by atoms with Gasteiger partial charge in [-0.3, -0.25) is 0 Å². The van der Waals surface area contributed by atoms with Crippen LogP contribution in [0.3, 0.4) is 0 Å². The van der Waals surface area contributed by atoms with Crippen molar-refractivity contribution >= 4 is 29.0 Å². The van der Waals surface area contributed by atoms with E-state index in [4.69, 9.17) is 11.6 Å². The molecule has 0 radical (unpaired) electrons. The fourth-order valence-electron chi connectivity index (χ4n) is 3.16. The van der Waals surface area contributed by atoms with E-state index in [-0.39, 0.29) is 0 Å². The topological polar surface area (TPSA) is 36.7 Å². The molecule has 1 fully saturated rings. The highest BCUT2D eigenvalue weighted by molar-refractivity contribution is 6.33. The summed E-state index contributed by atoms with van der Waals surface area (Å²) in [7, 11) is 2.15. The number of hydrogen-bond donors (Lipinski definition) is 0. The number of anilines is 1. The molecule has 0 saturated carbocycles. The van der Waals surface area contributed by atoms with Gasteiger partial charge in [0, 0.05) is 31.7 Å². The van der Waals surface area contributed by atoms with Crippen LogP contribution in [0.4, 0.5) is 5.69 Å². The van der Waals surface area contributed by atoms with Crippen molar-refractivity contribution < 1.29 is 0 Å². The number of hydrogen-bond acceptors (Lipinski definition) is 4. The number of fused-ring (bicyclic) bond motifs is 1. The molecule has 0 N–H and O–H groups in total. The molecule has 6 heteroatoms. The monoisotopic (exact) mass is 353 g/mol. The van der Waals surface area contributed by atoms with Gasteiger partial charge in [-0.25, -0.2) is 9.50 Å². The normalized spacial score (nSPS) is 15.7. The number of piperazine rings is 1. The van der Waals surface area contributed by atoms with E-state index in [1.165, 1.54) is 0 Å². The van der Waals surface area contributed by atoms with Crippen LogP contribution in [0, 0.1) is 0 Å². The van der Waals surface area contributed by atoms with E-state index < -0.39 is 0 Å². The molecule has 3 heterocycles. The molecule has 1 aromatic carbocycles. The van der Waals surface area contributed by atoms with Crippen LogP contribution in [0.5, 0.6) is 0 Å². The predicted molar refractivity (Wildman–Crippen MR) is 103 cm³/mol. The lowest BCUT2D eigenvalue weighted by Crippen LogP contribution is -2.44. The summed E-state index contributed by atoms with van der Waals surface area (Å²) in [6.07, 6.45) is 3.56. The van der Waals surface area contributed by atoms with Crippen molar-refractivity contribution in [3.8, 4) is 11.3 Å². The Hall–Kier alpha value is -2.37. The lowest BCUT2D eigenvalue weighted by Gasteiger charge is -2.34. The van der Waals surface area contributed by atoms with E-state index >= 15 is 0 Å². The summed E-state index contributed by atoms with van der Waals surface area (Å²) in [6, 6.07) is 10.0. The Bertz CT molecular complexity index is 925. The molecule has 0 unspecified atom stereocenters. The summed E-state index contributed by atoms with van der Waals surface area (Å²) in [4.78, 5) is 9.10. The zero-order valence-corrected chi connectivity index (χ0v) is 14.9. The Morgan fingerprint density at radius 2 is 1.92 bits per heavy atom. The molecule has 128 valence electrons. The van der Waals surface area contributed by atoms with Crippen molar-refractivity contribution in [3.05, 3.63) is 53.8 Å². The molecule has 3 aromatic rings. The van der Waals surface area contributed by atoms with E-state index in [1.54, 1.807) is 6.08 Å². The largest absolute Gasteiger partial charge is 0.368 e. The van der Waals surface area contributed by atoms with Crippen LogP contribution in [-0.2, 0) is 0 Å². The summed E-state index contributed by atoms with van der Waals surface area (Å²) < 4.78 is 1.83. The molecule has 0 aliphatic carbocycles. The molecular weight excluding hydrogens is 334 g/mol. The molecule has 4 rings (SSSR count).